The molecule has 0 saturated carbocycles. The van der Waals surface area contributed by atoms with Crippen molar-refractivity contribution in [3.05, 3.63) is 12.2 Å². The largest absolute Gasteiger partial charge is 0.466 e. The highest BCUT2D eigenvalue weighted by molar-refractivity contribution is 5.66. The zero-order chi connectivity index (χ0) is 13.6. The van der Waals surface area contributed by atoms with Gasteiger partial charge in [-0.3, -0.25) is 9.59 Å². The first-order chi connectivity index (χ1) is 8.63. The van der Waals surface area contributed by atoms with Crippen molar-refractivity contribution < 1.29 is 19.1 Å². The average molecular weight is 248 g/mol. The predicted octanol–water partition coefficient (Wildman–Crippen LogP) is 1.46. The second-order valence-corrected chi connectivity index (χ2v) is 3.22. The number of carbonyl (C=O) groups is 2. The normalized spacial score (nSPS) is 8.78. The van der Waals surface area contributed by atoms with E-state index < -0.39 is 0 Å². The Morgan fingerprint density at radius 3 is 2.50 bits per heavy atom. The summed E-state index contributed by atoms with van der Waals surface area (Å²) in [7, 11) is 0. The van der Waals surface area contributed by atoms with Crippen LogP contribution in [0.25, 0.3) is 0 Å². The van der Waals surface area contributed by atoms with Crippen LogP contribution >= 0.6 is 0 Å². The van der Waals surface area contributed by atoms with Crippen molar-refractivity contribution in [3.63, 3.8) is 0 Å². The fraction of sp³-hybridized carbons (Fsp3) is 0.429. The zero-order valence-corrected chi connectivity index (χ0v) is 10.6. The standard InChI is InChI=1S/C14H16O4/c1-13(15)17-11-9-7-5-3-4-6-8-10-12-18-14(2)16/h7,9H,8,10-12H2,1-2H3. The van der Waals surface area contributed by atoms with Crippen molar-refractivity contribution in [2.75, 3.05) is 13.2 Å². The van der Waals surface area contributed by atoms with Gasteiger partial charge in [0.25, 0.3) is 0 Å². The van der Waals surface area contributed by atoms with Gasteiger partial charge in [-0.2, -0.15) is 0 Å². The van der Waals surface area contributed by atoms with Crippen molar-refractivity contribution in [1.29, 1.82) is 0 Å². The third kappa shape index (κ3) is 13.8. The monoisotopic (exact) mass is 248 g/mol. The highest BCUT2D eigenvalue weighted by Crippen LogP contribution is 1.88. The van der Waals surface area contributed by atoms with Crippen LogP contribution in [0.3, 0.4) is 0 Å². The minimum Gasteiger partial charge on any atom is -0.466 e. The lowest BCUT2D eigenvalue weighted by Gasteiger charge is -1.96. The van der Waals surface area contributed by atoms with Crippen molar-refractivity contribution in [3.8, 4) is 23.7 Å². The Kier molecular flexibility index (Phi) is 9.91. The number of esters is 2. The van der Waals surface area contributed by atoms with Gasteiger partial charge in [-0.15, -0.1) is 0 Å². The quantitative estimate of drug-likeness (QED) is 0.420. The summed E-state index contributed by atoms with van der Waals surface area (Å²) >= 11 is 0. The van der Waals surface area contributed by atoms with Gasteiger partial charge in [0.1, 0.15) is 6.61 Å². The molecule has 0 radical (unpaired) electrons. The highest BCUT2D eigenvalue weighted by atomic mass is 16.5. The lowest BCUT2D eigenvalue weighted by molar-refractivity contribution is -0.141. The molecule has 0 aromatic carbocycles. The third-order valence-electron chi connectivity index (χ3n) is 1.56. The summed E-state index contributed by atoms with van der Waals surface area (Å²) in [5.41, 5.74) is 0. The van der Waals surface area contributed by atoms with E-state index in [2.05, 4.69) is 28.4 Å². The molecular weight excluding hydrogens is 232 g/mol. The lowest BCUT2D eigenvalue weighted by Crippen LogP contribution is -1.99. The second-order valence-electron chi connectivity index (χ2n) is 3.22. The van der Waals surface area contributed by atoms with Crippen LogP contribution in [-0.4, -0.2) is 25.2 Å². The Morgan fingerprint density at radius 2 is 1.83 bits per heavy atom. The number of rotatable bonds is 5. The molecule has 0 saturated heterocycles. The summed E-state index contributed by atoms with van der Waals surface area (Å²) in [5.74, 6) is 10.2. The molecular formula is C14H16O4. The summed E-state index contributed by atoms with van der Waals surface area (Å²) < 4.78 is 9.40. The molecule has 0 atom stereocenters. The number of carbonyl (C=O) groups excluding carboxylic acids is 2. The first-order valence-electron chi connectivity index (χ1n) is 5.53. The Morgan fingerprint density at radius 1 is 1.11 bits per heavy atom. The number of hydrogen-bond acceptors (Lipinski definition) is 4. The van der Waals surface area contributed by atoms with Gasteiger partial charge in [0.15, 0.2) is 0 Å². The molecule has 0 unspecified atom stereocenters. The van der Waals surface area contributed by atoms with E-state index in [0.29, 0.717) is 19.4 Å². The number of allylic oxidation sites excluding steroid dienone is 1. The van der Waals surface area contributed by atoms with Crippen LogP contribution in [-0.2, 0) is 19.1 Å². The maximum Gasteiger partial charge on any atom is 0.302 e. The smallest absolute Gasteiger partial charge is 0.302 e. The summed E-state index contributed by atoms with van der Waals surface area (Å²) in [5, 5.41) is 0. The lowest BCUT2D eigenvalue weighted by atomic mass is 10.3. The summed E-state index contributed by atoms with van der Waals surface area (Å²) in [6.07, 6.45) is 4.56. The van der Waals surface area contributed by atoms with Gasteiger partial charge in [0.2, 0.25) is 0 Å². The van der Waals surface area contributed by atoms with Gasteiger partial charge >= 0.3 is 11.9 Å². The summed E-state index contributed by atoms with van der Waals surface area (Å²) in [6, 6.07) is 0. The molecule has 0 aliphatic heterocycles. The van der Waals surface area contributed by atoms with Crippen molar-refractivity contribution in [2.24, 2.45) is 0 Å². The Hall–Kier alpha value is -2.20. The predicted molar refractivity (Wildman–Crippen MR) is 67.2 cm³/mol. The van der Waals surface area contributed by atoms with Crippen molar-refractivity contribution in [2.45, 2.75) is 26.7 Å². The fourth-order valence-electron chi connectivity index (χ4n) is 0.833. The Labute approximate surface area is 107 Å². The molecule has 0 rings (SSSR count). The molecule has 18 heavy (non-hydrogen) atoms. The molecule has 0 aromatic rings. The van der Waals surface area contributed by atoms with Crippen LogP contribution in [0.5, 0.6) is 0 Å². The topological polar surface area (TPSA) is 52.6 Å². The number of unbranched alkanes of at least 4 members (excludes halogenated alkanes) is 1. The van der Waals surface area contributed by atoms with E-state index in [1.807, 2.05) is 0 Å². The van der Waals surface area contributed by atoms with E-state index in [-0.39, 0.29) is 18.5 Å². The second kappa shape index (κ2) is 11.3. The summed E-state index contributed by atoms with van der Waals surface area (Å²) in [4.78, 5) is 20.8. The molecule has 4 nitrogen and oxygen atoms in total. The minimum atomic E-state index is -0.319. The first-order valence-corrected chi connectivity index (χ1v) is 5.53. The van der Waals surface area contributed by atoms with Crippen LogP contribution in [0.4, 0.5) is 0 Å². The maximum absolute atomic E-state index is 10.4. The molecule has 0 aliphatic rings. The SMILES string of the molecule is CC(=O)OCC=CC#CC#CCCCOC(C)=O. The number of ether oxygens (including phenoxy) is 2. The molecule has 0 spiro atoms. The molecule has 0 bridgehead atoms. The highest BCUT2D eigenvalue weighted by Gasteiger charge is 1.89. The maximum atomic E-state index is 10.4. The van der Waals surface area contributed by atoms with E-state index in [4.69, 9.17) is 4.74 Å². The van der Waals surface area contributed by atoms with Crippen LogP contribution in [0.1, 0.15) is 26.7 Å². The molecule has 96 valence electrons. The van der Waals surface area contributed by atoms with E-state index in [9.17, 15) is 9.59 Å². The van der Waals surface area contributed by atoms with Gasteiger partial charge in [-0.05, 0) is 30.4 Å². The molecule has 0 aliphatic carbocycles. The van der Waals surface area contributed by atoms with Crippen LogP contribution in [0.2, 0.25) is 0 Å². The number of hydrogen-bond donors (Lipinski definition) is 0. The fourth-order valence-corrected chi connectivity index (χ4v) is 0.833. The first kappa shape index (κ1) is 15.8. The summed E-state index contributed by atoms with van der Waals surface area (Å²) in [6.45, 7) is 3.33. The van der Waals surface area contributed by atoms with Crippen molar-refractivity contribution >= 4 is 11.9 Å². The van der Waals surface area contributed by atoms with Gasteiger partial charge in [0, 0.05) is 20.3 Å². The minimum absolute atomic E-state index is 0.222. The Bertz CT molecular complexity index is 413. The van der Waals surface area contributed by atoms with Gasteiger partial charge in [0.05, 0.1) is 6.61 Å². The van der Waals surface area contributed by atoms with Crippen LogP contribution in [0, 0.1) is 23.7 Å². The molecule has 0 aromatic heterocycles. The van der Waals surface area contributed by atoms with Crippen LogP contribution in [0.15, 0.2) is 12.2 Å². The van der Waals surface area contributed by atoms with Gasteiger partial charge < -0.3 is 9.47 Å². The van der Waals surface area contributed by atoms with E-state index >= 15 is 0 Å². The zero-order valence-electron chi connectivity index (χ0n) is 10.6. The van der Waals surface area contributed by atoms with E-state index in [1.165, 1.54) is 13.8 Å². The van der Waals surface area contributed by atoms with Crippen molar-refractivity contribution in [1.82, 2.24) is 0 Å². The molecule has 0 amide bonds. The molecule has 0 heterocycles. The van der Waals surface area contributed by atoms with Crippen LogP contribution < -0.4 is 0 Å². The van der Waals surface area contributed by atoms with E-state index in [1.54, 1.807) is 12.2 Å². The third-order valence-corrected chi connectivity index (χ3v) is 1.56. The van der Waals surface area contributed by atoms with Gasteiger partial charge in [-0.1, -0.05) is 11.8 Å². The molecule has 4 heteroatoms. The Balaban J connectivity index is 3.58. The molecule has 0 N–H and O–H groups in total. The molecule has 0 fully saturated rings. The van der Waals surface area contributed by atoms with Gasteiger partial charge in [-0.25, -0.2) is 0 Å². The average Bonchev–Trinajstić information content (AvgIpc) is 2.29. The van der Waals surface area contributed by atoms with E-state index in [0.717, 1.165) is 0 Å².